The van der Waals surface area contributed by atoms with E-state index in [2.05, 4.69) is 92.1 Å². The molecule has 0 spiro atoms. The van der Waals surface area contributed by atoms with Crippen molar-refractivity contribution in [2.75, 3.05) is 37.0 Å². The molecule has 0 amide bonds. The number of hydrogen-bond donors (Lipinski definition) is 2. The minimum atomic E-state index is 0.0742. The number of aryl methyl sites for hydroxylation is 2. The first kappa shape index (κ1) is 24.7. The second kappa shape index (κ2) is 13.7. The van der Waals surface area contributed by atoms with E-state index >= 15 is 0 Å². The van der Waals surface area contributed by atoms with Crippen molar-refractivity contribution in [3.8, 4) is 0 Å². The zero-order chi connectivity index (χ0) is 22.5. The summed E-state index contributed by atoms with van der Waals surface area (Å²) in [6.45, 7) is 13.0. The van der Waals surface area contributed by atoms with Crippen LogP contribution in [0.1, 0.15) is 38.8 Å². The molecular formula is C27H38N2O2. The molecule has 1 atom stereocenters. The topological polar surface area (TPSA) is 42.5 Å². The molecule has 2 N–H and O–H groups in total. The van der Waals surface area contributed by atoms with Crippen molar-refractivity contribution in [1.29, 1.82) is 0 Å². The van der Waals surface area contributed by atoms with E-state index in [4.69, 9.17) is 9.47 Å². The Labute approximate surface area is 188 Å². The monoisotopic (exact) mass is 422 g/mol. The molecule has 0 saturated heterocycles. The van der Waals surface area contributed by atoms with E-state index in [-0.39, 0.29) is 6.10 Å². The molecule has 0 radical (unpaired) electrons. The molecule has 0 bridgehead atoms. The molecule has 1 aliphatic heterocycles. The van der Waals surface area contributed by atoms with Gasteiger partial charge in [0.15, 0.2) is 0 Å². The van der Waals surface area contributed by atoms with Gasteiger partial charge in [-0.05, 0) is 61.2 Å². The first-order chi connectivity index (χ1) is 15.2. The number of anilines is 3. The molecule has 3 rings (SSSR count). The van der Waals surface area contributed by atoms with Gasteiger partial charge in [0, 0.05) is 23.6 Å². The van der Waals surface area contributed by atoms with Crippen LogP contribution in [0.15, 0.2) is 66.3 Å². The van der Waals surface area contributed by atoms with Crippen molar-refractivity contribution in [3.05, 3.63) is 77.4 Å². The maximum atomic E-state index is 5.74. The van der Waals surface area contributed by atoms with Gasteiger partial charge in [0.25, 0.3) is 0 Å². The van der Waals surface area contributed by atoms with Gasteiger partial charge in [0.1, 0.15) is 0 Å². The second-order valence-electron chi connectivity index (χ2n) is 7.31. The van der Waals surface area contributed by atoms with Gasteiger partial charge in [0.2, 0.25) is 0 Å². The van der Waals surface area contributed by atoms with E-state index in [1.165, 1.54) is 22.4 Å². The van der Waals surface area contributed by atoms with Crippen LogP contribution >= 0.6 is 0 Å². The SMILES string of the molecule is CC.CCc1ccccc1Nc1ccc(NCC2=C/C(C)OCCOC/C=C\2)cc1C. The third-order valence-corrected chi connectivity index (χ3v) is 4.99. The Kier molecular flexibility index (Phi) is 10.9. The van der Waals surface area contributed by atoms with E-state index in [0.717, 1.165) is 24.3 Å². The summed E-state index contributed by atoms with van der Waals surface area (Å²) >= 11 is 0. The molecule has 0 saturated carbocycles. The predicted octanol–water partition coefficient (Wildman–Crippen LogP) is 6.66. The van der Waals surface area contributed by atoms with Crippen molar-refractivity contribution in [2.45, 2.75) is 47.1 Å². The van der Waals surface area contributed by atoms with Gasteiger partial charge >= 0.3 is 0 Å². The summed E-state index contributed by atoms with van der Waals surface area (Å²) < 4.78 is 11.2. The normalized spacial score (nSPS) is 19.3. The van der Waals surface area contributed by atoms with Crippen LogP contribution in [-0.4, -0.2) is 32.5 Å². The summed E-state index contributed by atoms with van der Waals surface area (Å²) in [5, 5.41) is 7.11. The van der Waals surface area contributed by atoms with Gasteiger partial charge in [-0.3, -0.25) is 0 Å². The smallest absolute Gasteiger partial charge is 0.0735 e. The highest BCUT2D eigenvalue weighted by molar-refractivity contribution is 5.68. The minimum absolute atomic E-state index is 0.0742. The Hall–Kier alpha value is -2.56. The van der Waals surface area contributed by atoms with Gasteiger partial charge in [0.05, 0.1) is 25.9 Å². The zero-order valence-electron chi connectivity index (χ0n) is 19.7. The fraction of sp³-hybridized carbons (Fsp3) is 0.407. The lowest BCUT2D eigenvalue weighted by Crippen LogP contribution is -2.14. The second-order valence-corrected chi connectivity index (χ2v) is 7.31. The van der Waals surface area contributed by atoms with Crippen molar-refractivity contribution in [3.63, 3.8) is 0 Å². The molecular weight excluding hydrogens is 384 g/mol. The maximum Gasteiger partial charge on any atom is 0.0735 e. The summed E-state index contributed by atoms with van der Waals surface area (Å²) in [5.41, 5.74) is 7.14. The molecule has 1 unspecified atom stereocenters. The van der Waals surface area contributed by atoms with Gasteiger partial charge < -0.3 is 20.1 Å². The summed E-state index contributed by atoms with van der Waals surface area (Å²) in [5.74, 6) is 0. The molecule has 0 aromatic heterocycles. The molecule has 0 aliphatic carbocycles. The summed E-state index contributed by atoms with van der Waals surface area (Å²) in [7, 11) is 0. The Morgan fingerprint density at radius 1 is 1.03 bits per heavy atom. The molecule has 4 nitrogen and oxygen atoms in total. The molecule has 168 valence electrons. The van der Waals surface area contributed by atoms with E-state index in [1.54, 1.807) is 0 Å². The van der Waals surface area contributed by atoms with Crippen LogP contribution in [0.3, 0.4) is 0 Å². The minimum Gasteiger partial charge on any atom is -0.381 e. The van der Waals surface area contributed by atoms with Crippen molar-refractivity contribution in [2.24, 2.45) is 0 Å². The zero-order valence-corrected chi connectivity index (χ0v) is 19.7. The van der Waals surface area contributed by atoms with Crippen LogP contribution in [0.2, 0.25) is 0 Å². The lowest BCUT2D eigenvalue weighted by molar-refractivity contribution is 0.0371. The molecule has 31 heavy (non-hydrogen) atoms. The Balaban J connectivity index is 0.00000166. The number of nitrogens with one attached hydrogen (secondary N) is 2. The van der Waals surface area contributed by atoms with E-state index < -0.39 is 0 Å². The average molecular weight is 423 g/mol. The number of para-hydroxylation sites is 1. The van der Waals surface area contributed by atoms with Crippen molar-refractivity contribution in [1.82, 2.24) is 0 Å². The summed E-state index contributed by atoms with van der Waals surface area (Å²) in [4.78, 5) is 0. The van der Waals surface area contributed by atoms with Gasteiger partial charge in [-0.2, -0.15) is 0 Å². The highest BCUT2D eigenvalue weighted by Crippen LogP contribution is 2.26. The lowest BCUT2D eigenvalue weighted by atomic mass is 10.1. The number of hydrogen-bond acceptors (Lipinski definition) is 4. The Bertz CT molecular complexity index is 858. The number of rotatable bonds is 6. The van der Waals surface area contributed by atoms with Gasteiger partial charge in [-0.15, -0.1) is 0 Å². The van der Waals surface area contributed by atoms with Crippen LogP contribution in [0, 0.1) is 6.92 Å². The standard InChI is InChI=1S/C25H32N2O2.C2H6/c1-4-22-9-5-6-10-25(22)27-24-12-11-23(16-19(24)2)26-18-21-8-7-13-28-14-15-29-20(3)17-21;1-2/h5-12,16-17,20,26-27H,4,13-15,18H2,1-3H3;1-2H3/b8-7-,21-17+;. The predicted molar refractivity (Wildman–Crippen MR) is 134 cm³/mol. The highest BCUT2D eigenvalue weighted by atomic mass is 16.5. The van der Waals surface area contributed by atoms with E-state index in [9.17, 15) is 0 Å². The Morgan fingerprint density at radius 3 is 2.61 bits per heavy atom. The molecule has 4 heteroatoms. The lowest BCUT2D eigenvalue weighted by Gasteiger charge is -2.16. The van der Waals surface area contributed by atoms with E-state index in [1.807, 2.05) is 13.8 Å². The largest absolute Gasteiger partial charge is 0.381 e. The van der Waals surface area contributed by atoms with Crippen LogP contribution < -0.4 is 10.6 Å². The first-order valence-electron chi connectivity index (χ1n) is 11.4. The third kappa shape index (κ3) is 8.23. The summed E-state index contributed by atoms with van der Waals surface area (Å²) in [6, 6.07) is 14.9. The first-order valence-corrected chi connectivity index (χ1v) is 11.4. The van der Waals surface area contributed by atoms with Crippen molar-refractivity contribution < 1.29 is 9.47 Å². The molecule has 2 aromatic carbocycles. The van der Waals surface area contributed by atoms with Crippen LogP contribution in [0.5, 0.6) is 0 Å². The third-order valence-electron chi connectivity index (χ3n) is 4.99. The number of ether oxygens (including phenoxy) is 2. The number of benzene rings is 2. The highest BCUT2D eigenvalue weighted by Gasteiger charge is 2.06. The van der Waals surface area contributed by atoms with Crippen LogP contribution in [-0.2, 0) is 15.9 Å². The Morgan fingerprint density at radius 2 is 1.84 bits per heavy atom. The molecule has 1 aliphatic rings. The summed E-state index contributed by atoms with van der Waals surface area (Å²) in [6.07, 6.45) is 7.43. The molecule has 0 fully saturated rings. The van der Waals surface area contributed by atoms with E-state index in [0.29, 0.717) is 19.8 Å². The average Bonchev–Trinajstić information content (AvgIpc) is 2.80. The van der Waals surface area contributed by atoms with Gasteiger partial charge in [-0.25, -0.2) is 0 Å². The molecule has 2 aromatic rings. The quantitative estimate of drug-likeness (QED) is 0.546. The fourth-order valence-electron chi connectivity index (χ4n) is 3.38. The van der Waals surface area contributed by atoms with Crippen molar-refractivity contribution >= 4 is 17.1 Å². The van der Waals surface area contributed by atoms with Crippen LogP contribution in [0.25, 0.3) is 0 Å². The van der Waals surface area contributed by atoms with Crippen LogP contribution in [0.4, 0.5) is 17.1 Å². The fourth-order valence-corrected chi connectivity index (χ4v) is 3.38. The maximum absolute atomic E-state index is 5.74. The molecule has 1 heterocycles. The van der Waals surface area contributed by atoms with Gasteiger partial charge in [-0.1, -0.05) is 57.2 Å².